The zero-order chi connectivity index (χ0) is 15.3. The van der Waals surface area contributed by atoms with Crippen molar-refractivity contribution >= 4 is 40.9 Å². The maximum atomic E-state index is 13.0. The van der Waals surface area contributed by atoms with Gasteiger partial charge in [-0.1, -0.05) is 23.2 Å². The number of hydrogen-bond acceptors (Lipinski definition) is 2. The van der Waals surface area contributed by atoms with Crippen LogP contribution in [-0.4, -0.2) is 35.6 Å². The van der Waals surface area contributed by atoms with Crippen LogP contribution in [-0.2, 0) is 4.79 Å². The lowest BCUT2D eigenvalue weighted by Gasteiger charge is -2.18. The van der Waals surface area contributed by atoms with Crippen LogP contribution >= 0.6 is 23.2 Å². The molecule has 0 spiro atoms. The molecule has 0 atom stereocenters. The largest absolute Gasteiger partial charge is 0.481 e. The molecule has 110 valence electrons. The van der Waals surface area contributed by atoms with Gasteiger partial charge in [-0.05, 0) is 18.6 Å². The SMILES string of the molecule is CN(CCCC(=O)O)C(=O)Nc1c(Cl)cc(F)cc1Cl. The molecule has 20 heavy (non-hydrogen) atoms. The predicted molar refractivity (Wildman–Crippen MR) is 74.9 cm³/mol. The van der Waals surface area contributed by atoms with Crippen molar-refractivity contribution in [2.45, 2.75) is 12.8 Å². The first-order chi connectivity index (χ1) is 9.31. The van der Waals surface area contributed by atoms with Crippen molar-refractivity contribution in [2.75, 3.05) is 18.9 Å². The second-order valence-corrected chi connectivity index (χ2v) is 4.91. The number of urea groups is 1. The molecule has 0 saturated carbocycles. The third-order valence-electron chi connectivity index (χ3n) is 2.47. The van der Waals surface area contributed by atoms with Crippen molar-refractivity contribution in [3.63, 3.8) is 0 Å². The fourth-order valence-corrected chi connectivity index (χ4v) is 1.99. The smallest absolute Gasteiger partial charge is 0.321 e. The fourth-order valence-electron chi connectivity index (χ4n) is 1.43. The molecule has 0 aromatic heterocycles. The van der Waals surface area contributed by atoms with Crippen LogP contribution in [0.25, 0.3) is 0 Å². The molecule has 1 rings (SSSR count). The minimum Gasteiger partial charge on any atom is -0.481 e. The lowest BCUT2D eigenvalue weighted by Crippen LogP contribution is -2.32. The van der Waals surface area contributed by atoms with E-state index in [0.29, 0.717) is 6.42 Å². The van der Waals surface area contributed by atoms with Crippen LogP contribution in [0.2, 0.25) is 10.0 Å². The number of aliphatic carboxylic acids is 1. The van der Waals surface area contributed by atoms with E-state index in [9.17, 15) is 14.0 Å². The molecule has 0 radical (unpaired) electrons. The summed E-state index contributed by atoms with van der Waals surface area (Å²) in [4.78, 5) is 23.5. The monoisotopic (exact) mass is 322 g/mol. The first-order valence-corrected chi connectivity index (χ1v) is 6.45. The number of carboxylic acid groups (broad SMARTS) is 1. The zero-order valence-electron chi connectivity index (χ0n) is 10.6. The summed E-state index contributed by atoms with van der Waals surface area (Å²) in [5.41, 5.74) is 0.116. The molecule has 8 heteroatoms. The summed E-state index contributed by atoms with van der Waals surface area (Å²) >= 11 is 11.6. The number of amides is 2. The maximum absolute atomic E-state index is 13.0. The summed E-state index contributed by atoms with van der Waals surface area (Å²) in [6, 6.07) is 1.56. The molecule has 0 aliphatic rings. The average molecular weight is 323 g/mol. The van der Waals surface area contributed by atoms with E-state index in [1.165, 1.54) is 11.9 Å². The predicted octanol–water partition coefficient (Wildman–Crippen LogP) is 3.46. The summed E-state index contributed by atoms with van der Waals surface area (Å²) < 4.78 is 13.0. The van der Waals surface area contributed by atoms with Gasteiger partial charge in [0.05, 0.1) is 15.7 Å². The van der Waals surface area contributed by atoms with E-state index in [-0.39, 0.29) is 28.7 Å². The summed E-state index contributed by atoms with van der Waals surface area (Å²) in [5.74, 6) is -1.53. The van der Waals surface area contributed by atoms with Crippen molar-refractivity contribution in [3.8, 4) is 0 Å². The van der Waals surface area contributed by atoms with Crippen LogP contribution in [0.15, 0.2) is 12.1 Å². The summed E-state index contributed by atoms with van der Waals surface area (Å²) in [7, 11) is 1.50. The molecule has 0 aliphatic carbocycles. The number of hydrogen-bond donors (Lipinski definition) is 2. The van der Waals surface area contributed by atoms with Crippen LogP contribution in [0.4, 0.5) is 14.9 Å². The van der Waals surface area contributed by atoms with Crippen LogP contribution < -0.4 is 5.32 Å². The molecule has 1 aromatic rings. The van der Waals surface area contributed by atoms with Gasteiger partial charge in [0.1, 0.15) is 5.82 Å². The lowest BCUT2D eigenvalue weighted by atomic mass is 10.3. The third kappa shape index (κ3) is 4.86. The van der Waals surface area contributed by atoms with E-state index in [4.69, 9.17) is 28.3 Å². The van der Waals surface area contributed by atoms with Crippen molar-refractivity contribution in [2.24, 2.45) is 0 Å². The van der Waals surface area contributed by atoms with Crippen LogP contribution in [0.3, 0.4) is 0 Å². The molecular weight excluding hydrogens is 310 g/mol. The molecule has 1 aromatic carbocycles. The molecule has 5 nitrogen and oxygen atoms in total. The van der Waals surface area contributed by atoms with Crippen molar-refractivity contribution in [1.82, 2.24) is 4.90 Å². The Morgan fingerprint density at radius 3 is 2.40 bits per heavy atom. The molecule has 0 bridgehead atoms. The number of anilines is 1. The summed E-state index contributed by atoms with van der Waals surface area (Å²) in [5, 5.41) is 10.9. The summed E-state index contributed by atoms with van der Waals surface area (Å²) in [6.45, 7) is 0.258. The number of carboxylic acids is 1. The molecule has 0 aliphatic heterocycles. The van der Waals surface area contributed by atoms with Crippen LogP contribution in [0, 0.1) is 5.82 Å². The molecular formula is C12H13Cl2FN2O3. The quantitative estimate of drug-likeness (QED) is 0.872. The number of benzene rings is 1. The summed E-state index contributed by atoms with van der Waals surface area (Å²) in [6.07, 6.45) is 0.291. The molecule has 0 fully saturated rings. The molecule has 0 unspecified atom stereocenters. The van der Waals surface area contributed by atoms with Gasteiger partial charge in [-0.15, -0.1) is 0 Å². The van der Waals surface area contributed by atoms with Gasteiger partial charge in [-0.3, -0.25) is 4.79 Å². The second-order valence-electron chi connectivity index (χ2n) is 4.09. The van der Waals surface area contributed by atoms with Crippen molar-refractivity contribution in [3.05, 3.63) is 28.0 Å². The number of nitrogens with one attached hydrogen (secondary N) is 1. The van der Waals surface area contributed by atoms with Gasteiger partial charge in [0, 0.05) is 20.0 Å². The Morgan fingerprint density at radius 2 is 1.90 bits per heavy atom. The van der Waals surface area contributed by atoms with Crippen LogP contribution in [0.5, 0.6) is 0 Å². The Bertz CT molecular complexity index is 502. The second kappa shape index (κ2) is 7.31. The minimum absolute atomic E-state index is 0.0118. The number of nitrogens with zero attached hydrogens (tertiary/aromatic N) is 1. The number of carbonyl (C=O) groups is 2. The van der Waals surface area contributed by atoms with E-state index in [2.05, 4.69) is 5.32 Å². The molecule has 2 N–H and O–H groups in total. The molecule has 0 heterocycles. The highest BCUT2D eigenvalue weighted by Crippen LogP contribution is 2.31. The Balaban J connectivity index is 2.64. The molecule has 2 amide bonds. The van der Waals surface area contributed by atoms with E-state index < -0.39 is 17.8 Å². The van der Waals surface area contributed by atoms with Gasteiger partial charge < -0.3 is 15.3 Å². The van der Waals surface area contributed by atoms with Gasteiger partial charge in [-0.2, -0.15) is 0 Å². The lowest BCUT2D eigenvalue weighted by molar-refractivity contribution is -0.137. The van der Waals surface area contributed by atoms with Gasteiger partial charge >= 0.3 is 12.0 Å². The Morgan fingerprint density at radius 1 is 1.35 bits per heavy atom. The number of halogens is 3. The van der Waals surface area contributed by atoms with Gasteiger partial charge in [0.2, 0.25) is 0 Å². The average Bonchev–Trinajstić information content (AvgIpc) is 2.32. The third-order valence-corrected chi connectivity index (χ3v) is 3.07. The highest BCUT2D eigenvalue weighted by atomic mass is 35.5. The number of carbonyl (C=O) groups excluding carboxylic acids is 1. The topological polar surface area (TPSA) is 69.6 Å². The van der Waals surface area contributed by atoms with Crippen molar-refractivity contribution in [1.29, 1.82) is 0 Å². The van der Waals surface area contributed by atoms with Gasteiger partial charge in [0.15, 0.2) is 0 Å². The van der Waals surface area contributed by atoms with Gasteiger partial charge in [-0.25, -0.2) is 9.18 Å². The van der Waals surface area contributed by atoms with Crippen molar-refractivity contribution < 1.29 is 19.1 Å². The highest BCUT2D eigenvalue weighted by Gasteiger charge is 2.14. The van der Waals surface area contributed by atoms with Gasteiger partial charge in [0.25, 0.3) is 0 Å². The van der Waals surface area contributed by atoms with E-state index in [0.717, 1.165) is 12.1 Å². The fraction of sp³-hybridized carbons (Fsp3) is 0.333. The Labute approximate surface area is 125 Å². The first-order valence-electron chi connectivity index (χ1n) is 5.69. The normalized spacial score (nSPS) is 10.2. The van der Waals surface area contributed by atoms with E-state index >= 15 is 0 Å². The van der Waals surface area contributed by atoms with E-state index in [1.807, 2.05) is 0 Å². The highest BCUT2D eigenvalue weighted by molar-refractivity contribution is 6.39. The minimum atomic E-state index is -0.927. The maximum Gasteiger partial charge on any atom is 0.321 e. The zero-order valence-corrected chi connectivity index (χ0v) is 12.1. The Kier molecular flexibility index (Phi) is 6.04. The standard InChI is InChI=1S/C12H13Cl2FN2O3/c1-17(4-2-3-10(18)19)12(20)16-11-8(13)5-7(15)6-9(11)14/h5-6H,2-4H2,1H3,(H,16,20)(H,18,19). The van der Waals surface area contributed by atoms with Crippen LogP contribution in [0.1, 0.15) is 12.8 Å². The number of rotatable bonds is 5. The Hall–Kier alpha value is -1.53. The van der Waals surface area contributed by atoms with E-state index in [1.54, 1.807) is 0 Å². The first kappa shape index (κ1) is 16.5. The molecule has 0 saturated heterocycles.